The van der Waals surface area contributed by atoms with Crippen molar-refractivity contribution in [2.75, 3.05) is 0 Å². The second kappa shape index (κ2) is 3.02. The maximum absolute atomic E-state index is 5.64. The van der Waals surface area contributed by atoms with E-state index in [2.05, 4.69) is 19.1 Å². The Bertz CT molecular complexity index is 105. The quantitative estimate of drug-likeness (QED) is 0.558. The Morgan fingerprint density at radius 3 is 3.00 bits per heavy atom. The number of hydrogen-bond donors (Lipinski definition) is 1. The average Bonchev–Trinajstić information content (AvgIpc) is 2.15. The van der Waals surface area contributed by atoms with Crippen LogP contribution in [-0.4, -0.2) is 6.04 Å². The van der Waals surface area contributed by atoms with Crippen LogP contribution in [0.1, 0.15) is 26.2 Å². The fraction of sp³-hybridized carbons (Fsp3) is 0.750. The van der Waals surface area contributed by atoms with Crippen LogP contribution in [0.5, 0.6) is 0 Å². The van der Waals surface area contributed by atoms with E-state index in [-0.39, 0.29) is 0 Å². The van der Waals surface area contributed by atoms with Gasteiger partial charge in [-0.05, 0) is 32.1 Å². The van der Waals surface area contributed by atoms with E-state index in [1.165, 1.54) is 12.8 Å². The molecule has 2 unspecified atom stereocenters. The van der Waals surface area contributed by atoms with E-state index in [4.69, 9.17) is 5.73 Å². The van der Waals surface area contributed by atoms with E-state index >= 15 is 0 Å². The third-order valence-corrected chi connectivity index (χ3v) is 1.79. The predicted molar refractivity (Wildman–Crippen MR) is 40.1 cm³/mol. The Balaban J connectivity index is 2.20. The first-order valence-corrected chi connectivity index (χ1v) is 3.71. The molecular weight excluding hydrogens is 110 g/mol. The minimum atomic E-state index is 0.373. The smallest absolute Gasteiger partial charge is 0.00160 e. The summed E-state index contributed by atoms with van der Waals surface area (Å²) in [6.07, 6.45) is 8.30. The molecule has 0 heterocycles. The third-order valence-electron chi connectivity index (χ3n) is 1.79. The van der Waals surface area contributed by atoms with Gasteiger partial charge in [-0.3, -0.25) is 0 Å². The first-order valence-electron chi connectivity index (χ1n) is 3.71. The number of allylic oxidation sites excluding steroid dienone is 2. The molecule has 2 atom stereocenters. The minimum absolute atomic E-state index is 0.373. The van der Waals surface area contributed by atoms with Crippen molar-refractivity contribution in [1.29, 1.82) is 0 Å². The van der Waals surface area contributed by atoms with Crippen molar-refractivity contribution in [2.24, 2.45) is 11.7 Å². The van der Waals surface area contributed by atoms with Gasteiger partial charge in [-0.1, -0.05) is 12.2 Å². The van der Waals surface area contributed by atoms with E-state index in [1.807, 2.05) is 0 Å². The highest BCUT2D eigenvalue weighted by atomic mass is 14.6. The molecule has 0 saturated carbocycles. The van der Waals surface area contributed by atoms with Crippen LogP contribution in [-0.2, 0) is 0 Å². The summed E-state index contributed by atoms with van der Waals surface area (Å²) in [5.41, 5.74) is 5.64. The van der Waals surface area contributed by atoms with Crippen LogP contribution in [0.4, 0.5) is 0 Å². The zero-order chi connectivity index (χ0) is 6.69. The van der Waals surface area contributed by atoms with Gasteiger partial charge in [0.2, 0.25) is 0 Å². The van der Waals surface area contributed by atoms with E-state index in [1.54, 1.807) is 0 Å². The van der Waals surface area contributed by atoms with Crippen LogP contribution >= 0.6 is 0 Å². The van der Waals surface area contributed by atoms with E-state index in [0.717, 1.165) is 12.3 Å². The molecule has 1 nitrogen and oxygen atoms in total. The van der Waals surface area contributed by atoms with Crippen LogP contribution in [0.25, 0.3) is 0 Å². The monoisotopic (exact) mass is 125 g/mol. The summed E-state index contributed by atoms with van der Waals surface area (Å²) in [5.74, 6) is 0.782. The highest BCUT2D eigenvalue weighted by molar-refractivity contribution is 4.96. The molecule has 0 amide bonds. The van der Waals surface area contributed by atoms with E-state index in [9.17, 15) is 0 Å². The van der Waals surface area contributed by atoms with Gasteiger partial charge in [0.1, 0.15) is 0 Å². The Morgan fingerprint density at radius 1 is 1.78 bits per heavy atom. The summed E-state index contributed by atoms with van der Waals surface area (Å²) >= 11 is 0. The highest BCUT2D eigenvalue weighted by Crippen LogP contribution is 2.20. The Labute approximate surface area is 56.9 Å². The van der Waals surface area contributed by atoms with Crippen molar-refractivity contribution < 1.29 is 0 Å². The van der Waals surface area contributed by atoms with Gasteiger partial charge in [0.05, 0.1) is 0 Å². The molecule has 2 N–H and O–H groups in total. The second-order valence-corrected chi connectivity index (χ2v) is 2.98. The lowest BCUT2D eigenvalue weighted by Crippen LogP contribution is -2.17. The lowest BCUT2D eigenvalue weighted by Gasteiger charge is -2.09. The highest BCUT2D eigenvalue weighted by Gasteiger charge is 2.09. The molecule has 0 bridgehead atoms. The molecule has 0 aromatic rings. The molecule has 0 aromatic carbocycles. The summed E-state index contributed by atoms with van der Waals surface area (Å²) in [6.45, 7) is 2.08. The van der Waals surface area contributed by atoms with Crippen molar-refractivity contribution in [3.8, 4) is 0 Å². The third kappa shape index (κ3) is 2.19. The second-order valence-electron chi connectivity index (χ2n) is 2.98. The summed E-state index contributed by atoms with van der Waals surface area (Å²) in [4.78, 5) is 0. The first kappa shape index (κ1) is 6.81. The molecule has 0 saturated heterocycles. The topological polar surface area (TPSA) is 26.0 Å². The van der Waals surface area contributed by atoms with Gasteiger partial charge in [0, 0.05) is 6.04 Å². The molecule has 1 aliphatic rings. The molecule has 0 aromatic heterocycles. The Morgan fingerprint density at radius 2 is 2.56 bits per heavy atom. The lowest BCUT2D eigenvalue weighted by atomic mass is 10.0. The van der Waals surface area contributed by atoms with Crippen LogP contribution in [0.2, 0.25) is 0 Å². The maximum atomic E-state index is 5.64. The molecule has 0 spiro atoms. The number of rotatable bonds is 2. The SMILES string of the molecule is CC(N)CC1C=CCC1. The van der Waals surface area contributed by atoms with Gasteiger partial charge in [-0.15, -0.1) is 0 Å². The molecule has 1 rings (SSSR count). The van der Waals surface area contributed by atoms with Crippen molar-refractivity contribution >= 4 is 0 Å². The summed E-state index contributed by atoms with van der Waals surface area (Å²) in [5, 5.41) is 0. The molecule has 0 fully saturated rings. The molecular formula is C8H15N. The van der Waals surface area contributed by atoms with Gasteiger partial charge in [0.25, 0.3) is 0 Å². The Kier molecular flexibility index (Phi) is 2.29. The number of hydrogen-bond acceptors (Lipinski definition) is 1. The first-order chi connectivity index (χ1) is 4.29. The summed E-state index contributed by atoms with van der Waals surface area (Å²) < 4.78 is 0. The average molecular weight is 125 g/mol. The van der Waals surface area contributed by atoms with Gasteiger partial charge in [-0.25, -0.2) is 0 Å². The predicted octanol–water partition coefficient (Wildman–Crippen LogP) is 1.69. The molecule has 52 valence electrons. The van der Waals surface area contributed by atoms with Crippen LogP contribution in [0.15, 0.2) is 12.2 Å². The molecule has 0 aliphatic heterocycles. The zero-order valence-electron chi connectivity index (χ0n) is 6.01. The largest absolute Gasteiger partial charge is 0.328 e. The summed E-state index contributed by atoms with van der Waals surface area (Å²) in [6, 6.07) is 0.373. The zero-order valence-corrected chi connectivity index (χ0v) is 6.01. The molecule has 0 radical (unpaired) electrons. The van der Waals surface area contributed by atoms with E-state index in [0.29, 0.717) is 6.04 Å². The Hall–Kier alpha value is -0.300. The fourth-order valence-corrected chi connectivity index (χ4v) is 1.37. The number of nitrogens with two attached hydrogens (primary N) is 1. The van der Waals surface area contributed by atoms with Gasteiger partial charge in [-0.2, -0.15) is 0 Å². The van der Waals surface area contributed by atoms with Crippen molar-refractivity contribution in [1.82, 2.24) is 0 Å². The molecule has 9 heavy (non-hydrogen) atoms. The van der Waals surface area contributed by atoms with Crippen molar-refractivity contribution in [3.63, 3.8) is 0 Å². The van der Waals surface area contributed by atoms with Crippen molar-refractivity contribution in [2.45, 2.75) is 32.2 Å². The standard InChI is InChI=1S/C8H15N/c1-7(9)6-8-4-2-3-5-8/h2,4,7-8H,3,5-6,9H2,1H3. The normalized spacial score (nSPS) is 28.9. The van der Waals surface area contributed by atoms with Gasteiger partial charge < -0.3 is 5.73 Å². The molecule has 1 aliphatic carbocycles. The summed E-state index contributed by atoms with van der Waals surface area (Å²) in [7, 11) is 0. The molecule has 1 heteroatoms. The minimum Gasteiger partial charge on any atom is -0.328 e. The van der Waals surface area contributed by atoms with Crippen LogP contribution in [0.3, 0.4) is 0 Å². The van der Waals surface area contributed by atoms with Crippen molar-refractivity contribution in [3.05, 3.63) is 12.2 Å². The maximum Gasteiger partial charge on any atom is 0.00160 e. The van der Waals surface area contributed by atoms with Gasteiger partial charge >= 0.3 is 0 Å². The van der Waals surface area contributed by atoms with Crippen LogP contribution in [0, 0.1) is 5.92 Å². The lowest BCUT2D eigenvalue weighted by molar-refractivity contribution is 0.518. The van der Waals surface area contributed by atoms with E-state index < -0.39 is 0 Å². The van der Waals surface area contributed by atoms with Crippen LogP contribution < -0.4 is 5.73 Å². The fourth-order valence-electron chi connectivity index (χ4n) is 1.37. The van der Waals surface area contributed by atoms with Gasteiger partial charge in [0.15, 0.2) is 0 Å².